The molecule has 17 heavy (non-hydrogen) atoms. The first-order chi connectivity index (χ1) is 7.96. The van der Waals surface area contributed by atoms with E-state index in [-0.39, 0.29) is 5.91 Å². The molecule has 90 valence electrons. The first kappa shape index (κ1) is 11.7. The van der Waals surface area contributed by atoms with Crippen LogP contribution < -0.4 is 10.4 Å². The standard InChI is InChI=1S/C14H18N2O/c1-5-11-6-8-12(9-7-11)16-10(2)14(3,4)13(17)15-16/h6-9H,2,5H2,1,3-4H3,(H,15,17). The third-order valence-corrected chi connectivity index (χ3v) is 3.38. The molecule has 2 rings (SSSR count). The Morgan fingerprint density at radius 3 is 2.29 bits per heavy atom. The first-order valence-corrected chi connectivity index (χ1v) is 5.86. The Bertz CT molecular complexity index is 460. The molecule has 0 aromatic heterocycles. The van der Waals surface area contributed by atoms with Gasteiger partial charge in [-0.15, -0.1) is 0 Å². The summed E-state index contributed by atoms with van der Waals surface area (Å²) in [4.78, 5) is 11.8. The van der Waals surface area contributed by atoms with Gasteiger partial charge in [-0.1, -0.05) is 25.6 Å². The summed E-state index contributed by atoms with van der Waals surface area (Å²) in [5.74, 6) is -0.0120. The van der Waals surface area contributed by atoms with Crippen molar-refractivity contribution >= 4 is 11.6 Å². The smallest absolute Gasteiger partial charge is 0.250 e. The Labute approximate surface area is 102 Å². The van der Waals surface area contributed by atoms with Crippen LogP contribution in [0.1, 0.15) is 26.3 Å². The fraction of sp³-hybridized carbons (Fsp3) is 0.357. The van der Waals surface area contributed by atoms with Gasteiger partial charge in [0.05, 0.1) is 11.1 Å². The molecule has 1 aromatic rings. The predicted octanol–water partition coefficient (Wildman–Crippen LogP) is 2.64. The second kappa shape index (κ2) is 3.91. The average Bonchev–Trinajstić information content (AvgIpc) is 2.53. The van der Waals surface area contributed by atoms with Gasteiger partial charge < -0.3 is 0 Å². The molecule has 0 saturated carbocycles. The minimum atomic E-state index is -0.538. The van der Waals surface area contributed by atoms with E-state index in [1.807, 2.05) is 26.0 Å². The minimum absolute atomic E-state index is 0.0120. The van der Waals surface area contributed by atoms with Crippen molar-refractivity contribution in [2.24, 2.45) is 5.41 Å². The van der Waals surface area contributed by atoms with Crippen LogP contribution in [0.15, 0.2) is 36.5 Å². The summed E-state index contributed by atoms with van der Waals surface area (Å²) in [5.41, 5.74) is 5.32. The molecule has 3 nitrogen and oxygen atoms in total. The summed E-state index contributed by atoms with van der Waals surface area (Å²) in [5, 5.41) is 1.77. The van der Waals surface area contributed by atoms with Gasteiger partial charge >= 0.3 is 0 Å². The molecule has 1 amide bonds. The Balaban J connectivity index is 2.30. The molecule has 1 heterocycles. The summed E-state index contributed by atoms with van der Waals surface area (Å²) in [7, 11) is 0. The SMILES string of the molecule is C=C1N(c2ccc(CC)cc2)NC(=O)C1(C)C. The number of hydrogen-bond acceptors (Lipinski definition) is 2. The van der Waals surface area contributed by atoms with E-state index >= 15 is 0 Å². The largest absolute Gasteiger partial charge is 0.272 e. The van der Waals surface area contributed by atoms with Crippen molar-refractivity contribution in [3.63, 3.8) is 0 Å². The van der Waals surface area contributed by atoms with Gasteiger partial charge in [0, 0.05) is 5.70 Å². The first-order valence-electron chi connectivity index (χ1n) is 5.86. The number of amides is 1. The molecular formula is C14H18N2O. The molecule has 0 spiro atoms. The van der Waals surface area contributed by atoms with Crippen molar-refractivity contribution in [1.82, 2.24) is 5.43 Å². The van der Waals surface area contributed by atoms with E-state index in [0.29, 0.717) is 0 Å². The summed E-state index contributed by atoms with van der Waals surface area (Å²) in [6.45, 7) is 9.88. The van der Waals surface area contributed by atoms with Gasteiger partial charge in [0.1, 0.15) is 0 Å². The van der Waals surface area contributed by atoms with Crippen LogP contribution in [-0.2, 0) is 11.2 Å². The van der Waals surface area contributed by atoms with Gasteiger partial charge in [0.15, 0.2) is 0 Å². The van der Waals surface area contributed by atoms with E-state index in [1.54, 1.807) is 5.01 Å². The lowest BCUT2D eigenvalue weighted by atomic mass is 9.90. The second-order valence-corrected chi connectivity index (χ2v) is 4.87. The molecule has 1 aliphatic rings. The zero-order valence-corrected chi connectivity index (χ0v) is 10.6. The number of hydrogen-bond donors (Lipinski definition) is 1. The monoisotopic (exact) mass is 230 g/mol. The fourth-order valence-electron chi connectivity index (χ4n) is 1.82. The van der Waals surface area contributed by atoms with E-state index in [4.69, 9.17) is 0 Å². The maximum atomic E-state index is 11.8. The molecule has 3 heteroatoms. The third-order valence-electron chi connectivity index (χ3n) is 3.38. The van der Waals surface area contributed by atoms with Gasteiger partial charge in [-0.2, -0.15) is 0 Å². The zero-order chi connectivity index (χ0) is 12.6. The number of aryl methyl sites for hydroxylation is 1. The van der Waals surface area contributed by atoms with Crippen LogP contribution in [0.4, 0.5) is 5.69 Å². The average molecular weight is 230 g/mol. The molecule has 0 unspecified atom stereocenters. The quantitative estimate of drug-likeness (QED) is 0.847. The molecule has 1 fully saturated rings. The van der Waals surface area contributed by atoms with Crippen molar-refractivity contribution in [1.29, 1.82) is 0 Å². The highest BCUT2D eigenvalue weighted by Gasteiger charge is 2.42. The van der Waals surface area contributed by atoms with Crippen LogP contribution in [0.5, 0.6) is 0 Å². The lowest BCUT2D eigenvalue weighted by molar-refractivity contribution is -0.125. The van der Waals surface area contributed by atoms with Gasteiger partial charge in [-0.05, 0) is 38.0 Å². The highest BCUT2D eigenvalue weighted by Crippen LogP contribution is 2.35. The number of carbonyl (C=O) groups is 1. The van der Waals surface area contributed by atoms with Crippen LogP contribution in [-0.4, -0.2) is 5.91 Å². The fourth-order valence-corrected chi connectivity index (χ4v) is 1.82. The predicted molar refractivity (Wildman–Crippen MR) is 69.4 cm³/mol. The van der Waals surface area contributed by atoms with Crippen LogP contribution in [0.2, 0.25) is 0 Å². The topological polar surface area (TPSA) is 32.3 Å². The molecule has 0 radical (unpaired) electrons. The van der Waals surface area contributed by atoms with Gasteiger partial charge in [0.2, 0.25) is 5.91 Å². The summed E-state index contributed by atoms with van der Waals surface area (Å²) in [6.07, 6.45) is 1.01. The van der Waals surface area contributed by atoms with Crippen LogP contribution in [0.25, 0.3) is 0 Å². The molecular weight excluding hydrogens is 212 g/mol. The Morgan fingerprint density at radius 1 is 1.29 bits per heavy atom. The summed E-state index contributed by atoms with van der Waals surface area (Å²) < 4.78 is 0. The summed E-state index contributed by atoms with van der Waals surface area (Å²) >= 11 is 0. The van der Waals surface area contributed by atoms with Crippen molar-refractivity contribution < 1.29 is 4.79 Å². The molecule has 1 saturated heterocycles. The number of anilines is 1. The molecule has 1 aliphatic heterocycles. The van der Waals surface area contributed by atoms with Crippen molar-refractivity contribution in [2.45, 2.75) is 27.2 Å². The van der Waals surface area contributed by atoms with E-state index in [9.17, 15) is 4.79 Å². The molecule has 0 aliphatic carbocycles. The second-order valence-electron chi connectivity index (χ2n) is 4.87. The Morgan fingerprint density at radius 2 is 1.88 bits per heavy atom. The normalized spacial score (nSPS) is 18.4. The Kier molecular flexibility index (Phi) is 2.69. The highest BCUT2D eigenvalue weighted by molar-refractivity contribution is 5.91. The van der Waals surface area contributed by atoms with Crippen LogP contribution in [0.3, 0.4) is 0 Å². The molecule has 1 N–H and O–H groups in total. The third kappa shape index (κ3) is 1.82. The van der Waals surface area contributed by atoms with E-state index in [0.717, 1.165) is 17.8 Å². The lowest BCUT2D eigenvalue weighted by Gasteiger charge is -2.21. The number of nitrogens with zero attached hydrogens (tertiary/aromatic N) is 1. The molecule has 0 bridgehead atoms. The molecule has 1 aromatic carbocycles. The number of carbonyl (C=O) groups excluding carboxylic acids is 1. The van der Waals surface area contributed by atoms with E-state index in [2.05, 4.69) is 31.1 Å². The molecule has 0 atom stereocenters. The number of rotatable bonds is 2. The zero-order valence-electron chi connectivity index (χ0n) is 10.6. The van der Waals surface area contributed by atoms with Gasteiger partial charge in [-0.25, -0.2) is 0 Å². The van der Waals surface area contributed by atoms with Gasteiger partial charge in [0.25, 0.3) is 0 Å². The Hall–Kier alpha value is -1.77. The van der Waals surface area contributed by atoms with Crippen LogP contribution >= 0.6 is 0 Å². The maximum absolute atomic E-state index is 11.8. The van der Waals surface area contributed by atoms with Crippen molar-refractivity contribution in [2.75, 3.05) is 5.01 Å². The van der Waals surface area contributed by atoms with Crippen LogP contribution in [0, 0.1) is 5.41 Å². The highest BCUT2D eigenvalue weighted by atomic mass is 16.2. The lowest BCUT2D eigenvalue weighted by Crippen LogP contribution is -2.32. The number of hydrazine groups is 1. The summed E-state index contributed by atoms with van der Waals surface area (Å²) in [6, 6.07) is 8.15. The maximum Gasteiger partial charge on any atom is 0.250 e. The van der Waals surface area contributed by atoms with Crippen molar-refractivity contribution in [3.8, 4) is 0 Å². The number of nitrogens with one attached hydrogen (secondary N) is 1. The minimum Gasteiger partial charge on any atom is -0.272 e. The van der Waals surface area contributed by atoms with Crippen molar-refractivity contribution in [3.05, 3.63) is 42.1 Å². The van der Waals surface area contributed by atoms with E-state index < -0.39 is 5.41 Å². The number of benzene rings is 1. The van der Waals surface area contributed by atoms with E-state index in [1.165, 1.54) is 5.56 Å². The van der Waals surface area contributed by atoms with Gasteiger partial charge in [-0.3, -0.25) is 15.2 Å².